The summed E-state index contributed by atoms with van der Waals surface area (Å²) in [5.41, 5.74) is 6.97. The minimum atomic E-state index is 0.0302. The number of piperidine rings is 1. The van der Waals surface area contributed by atoms with Gasteiger partial charge in [0.15, 0.2) is 5.13 Å². The standard InChI is InChI=1S/C30H45N3O2S/c1-4-5-9-26(34)35-25-13-12-21-20-10-11-23-27-24(31-28(36-27)32-33-18-7-6-8-19-33)15-17-29(23,2)22(20)14-16-30(21,25)3/h11,20-22,25H,4-10,12-19H2,1-3H3,(H,31,32)/t20-,21-,22-,25-,29+,30-/m0/s1. The van der Waals surface area contributed by atoms with Crippen LogP contribution >= 0.6 is 11.3 Å². The molecule has 3 fully saturated rings. The fourth-order valence-corrected chi connectivity index (χ4v) is 9.96. The molecule has 1 N–H and O–H groups in total. The maximum atomic E-state index is 12.5. The molecule has 1 aromatic heterocycles. The average molecular weight is 512 g/mol. The molecule has 6 rings (SSSR count). The summed E-state index contributed by atoms with van der Waals surface area (Å²) in [4.78, 5) is 19.0. The van der Waals surface area contributed by atoms with Gasteiger partial charge < -0.3 is 4.74 Å². The number of aromatic nitrogens is 1. The highest BCUT2D eigenvalue weighted by atomic mass is 32.1. The number of anilines is 1. The Balaban J connectivity index is 1.21. The van der Waals surface area contributed by atoms with Gasteiger partial charge in [-0.25, -0.2) is 9.99 Å². The molecule has 0 spiro atoms. The molecule has 1 aromatic rings. The van der Waals surface area contributed by atoms with Crippen LogP contribution in [0.5, 0.6) is 0 Å². The lowest BCUT2D eigenvalue weighted by Crippen LogP contribution is -2.50. The molecule has 36 heavy (non-hydrogen) atoms. The predicted octanol–water partition coefficient (Wildman–Crippen LogP) is 7.24. The molecule has 0 unspecified atom stereocenters. The summed E-state index contributed by atoms with van der Waals surface area (Å²) in [6.45, 7) is 9.41. The molecule has 6 atom stereocenters. The van der Waals surface area contributed by atoms with Gasteiger partial charge in [0, 0.05) is 24.9 Å². The van der Waals surface area contributed by atoms with Crippen LogP contribution in [0.25, 0.3) is 5.57 Å². The highest BCUT2D eigenvalue weighted by Gasteiger charge is 2.60. The summed E-state index contributed by atoms with van der Waals surface area (Å²) in [7, 11) is 0. The molecular formula is C30H45N3O2S. The predicted molar refractivity (Wildman–Crippen MR) is 147 cm³/mol. The van der Waals surface area contributed by atoms with Crippen molar-refractivity contribution in [3.63, 3.8) is 0 Å². The number of hydrogen-bond acceptors (Lipinski definition) is 6. The first-order valence-electron chi connectivity index (χ1n) is 14.8. The fourth-order valence-electron chi connectivity index (χ4n) is 8.75. The molecule has 2 saturated carbocycles. The Hall–Kier alpha value is -1.40. The minimum Gasteiger partial charge on any atom is -0.462 e. The van der Waals surface area contributed by atoms with E-state index >= 15 is 0 Å². The number of fused-ring (bicyclic) bond motifs is 7. The van der Waals surface area contributed by atoms with Crippen LogP contribution in [0.4, 0.5) is 5.13 Å². The van der Waals surface area contributed by atoms with Crippen molar-refractivity contribution in [2.24, 2.45) is 28.6 Å². The maximum absolute atomic E-state index is 12.5. The smallest absolute Gasteiger partial charge is 0.306 e. The Morgan fingerprint density at radius 2 is 2.00 bits per heavy atom. The van der Waals surface area contributed by atoms with E-state index in [1.165, 1.54) is 61.9 Å². The van der Waals surface area contributed by atoms with Gasteiger partial charge in [-0.3, -0.25) is 10.2 Å². The molecule has 1 aliphatic heterocycles. The van der Waals surface area contributed by atoms with E-state index < -0.39 is 0 Å². The van der Waals surface area contributed by atoms with Gasteiger partial charge in [-0.1, -0.05) is 51.0 Å². The molecule has 5 nitrogen and oxygen atoms in total. The van der Waals surface area contributed by atoms with Crippen molar-refractivity contribution in [3.05, 3.63) is 16.6 Å². The highest BCUT2D eigenvalue weighted by molar-refractivity contribution is 7.16. The second kappa shape index (κ2) is 9.72. The first-order valence-corrected chi connectivity index (χ1v) is 15.7. The van der Waals surface area contributed by atoms with Gasteiger partial charge in [0.25, 0.3) is 0 Å². The van der Waals surface area contributed by atoms with Gasteiger partial charge in [0.2, 0.25) is 0 Å². The summed E-state index contributed by atoms with van der Waals surface area (Å²) in [6, 6.07) is 0. The first-order chi connectivity index (χ1) is 17.4. The van der Waals surface area contributed by atoms with Gasteiger partial charge in [-0.2, -0.15) is 0 Å². The van der Waals surface area contributed by atoms with Crippen LogP contribution in [-0.4, -0.2) is 35.2 Å². The summed E-state index contributed by atoms with van der Waals surface area (Å²) in [5, 5.41) is 3.46. The lowest BCUT2D eigenvalue weighted by atomic mass is 9.48. The third-order valence-electron chi connectivity index (χ3n) is 10.8. The second-order valence-corrected chi connectivity index (χ2v) is 13.8. The fraction of sp³-hybridized carbons (Fsp3) is 0.800. The van der Waals surface area contributed by atoms with Crippen molar-refractivity contribution in [3.8, 4) is 0 Å². The van der Waals surface area contributed by atoms with Gasteiger partial charge in [0.1, 0.15) is 6.10 Å². The van der Waals surface area contributed by atoms with Crippen LogP contribution in [0.2, 0.25) is 0 Å². The molecule has 6 heteroatoms. The van der Waals surface area contributed by atoms with E-state index in [0.29, 0.717) is 12.3 Å². The number of hydrogen-bond donors (Lipinski definition) is 1. The third-order valence-corrected chi connectivity index (χ3v) is 11.9. The molecule has 5 aliphatic rings. The van der Waals surface area contributed by atoms with Crippen molar-refractivity contribution >= 4 is 28.0 Å². The Kier molecular flexibility index (Phi) is 6.73. The lowest BCUT2D eigenvalue weighted by molar-refractivity contribution is -0.159. The van der Waals surface area contributed by atoms with Crippen LogP contribution in [0.15, 0.2) is 6.08 Å². The SMILES string of the molecule is CCCCC(=O)O[C@H]1CC[C@H]2[C@@H]3CC=C4c5sc(NN6CCCCC6)nc5CC[C@]4(C)[C@H]3CC[C@]12C. The molecular weight excluding hydrogens is 466 g/mol. The normalized spacial score (nSPS) is 37.8. The topological polar surface area (TPSA) is 54.5 Å². The largest absolute Gasteiger partial charge is 0.462 e. The van der Waals surface area contributed by atoms with Crippen LogP contribution in [0, 0.1) is 28.6 Å². The number of nitrogens with one attached hydrogen (secondary N) is 1. The molecule has 2 heterocycles. The Morgan fingerprint density at radius 3 is 2.81 bits per heavy atom. The summed E-state index contributed by atoms with van der Waals surface area (Å²) < 4.78 is 6.14. The molecule has 0 amide bonds. The number of esters is 1. The van der Waals surface area contributed by atoms with Gasteiger partial charge in [0.05, 0.1) is 10.6 Å². The van der Waals surface area contributed by atoms with Crippen molar-refractivity contribution in [1.29, 1.82) is 0 Å². The lowest BCUT2D eigenvalue weighted by Gasteiger charge is -2.56. The van der Waals surface area contributed by atoms with E-state index in [0.717, 1.165) is 55.7 Å². The Morgan fingerprint density at radius 1 is 1.17 bits per heavy atom. The molecule has 4 aliphatic carbocycles. The molecule has 1 saturated heterocycles. The van der Waals surface area contributed by atoms with Gasteiger partial charge in [-0.15, -0.1) is 0 Å². The van der Waals surface area contributed by atoms with Crippen molar-refractivity contribution in [2.75, 3.05) is 18.5 Å². The molecule has 0 aromatic carbocycles. The van der Waals surface area contributed by atoms with Crippen LogP contribution in [0.3, 0.4) is 0 Å². The summed E-state index contributed by atoms with van der Waals surface area (Å²) in [5.74, 6) is 2.16. The number of carbonyl (C=O) groups is 1. The van der Waals surface area contributed by atoms with Gasteiger partial charge in [-0.05, 0) is 93.0 Å². The first kappa shape index (κ1) is 24.9. The Labute approximate surface area is 221 Å². The van der Waals surface area contributed by atoms with E-state index in [1.807, 2.05) is 11.3 Å². The summed E-state index contributed by atoms with van der Waals surface area (Å²) >= 11 is 1.90. The summed E-state index contributed by atoms with van der Waals surface area (Å²) in [6.07, 6.45) is 17.4. The molecule has 0 bridgehead atoms. The second-order valence-electron chi connectivity index (χ2n) is 12.8. The Bertz CT molecular complexity index is 1010. The van der Waals surface area contributed by atoms with Crippen molar-refractivity contribution in [1.82, 2.24) is 9.99 Å². The zero-order valence-corrected chi connectivity index (χ0v) is 23.4. The van der Waals surface area contributed by atoms with E-state index in [-0.39, 0.29) is 22.9 Å². The number of unbranched alkanes of at least 4 members (excludes halogenated alkanes) is 1. The number of hydrazine groups is 1. The van der Waals surface area contributed by atoms with E-state index in [9.17, 15) is 4.79 Å². The molecule has 198 valence electrons. The third kappa shape index (κ3) is 4.15. The quantitative estimate of drug-likeness (QED) is 0.408. The average Bonchev–Trinajstić information content (AvgIpc) is 3.43. The maximum Gasteiger partial charge on any atom is 0.306 e. The zero-order chi connectivity index (χ0) is 24.9. The van der Waals surface area contributed by atoms with Crippen LogP contribution in [0.1, 0.15) is 108 Å². The zero-order valence-electron chi connectivity index (χ0n) is 22.6. The number of carbonyl (C=O) groups excluding carboxylic acids is 1. The minimum absolute atomic E-state index is 0.0302. The number of thiazole rings is 1. The number of allylic oxidation sites excluding steroid dienone is 2. The number of rotatable bonds is 6. The van der Waals surface area contributed by atoms with Crippen LogP contribution in [-0.2, 0) is 16.0 Å². The number of aryl methyl sites for hydroxylation is 1. The van der Waals surface area contributed by atoms with E-state index in [4.69, 9.17) is 9.72 Å². The monoisotopic (exact) mass is 511 g/mol. The van der Waals surface area contributed by atoms with Gasteiger partial charge >= 0.3 is 5.97 Å². The molecule has 0 radical (unpaired) electrons. The van der Waals surface area contributed by atoms with E-state index in [1.54, 1.807) is 5.57 Å². The number of ether oxygens (including phenoxy) is 1. The van der Waals surface area contributed by atoms with E-state index in [2.05, 4.69) is 37.3 Å². The highest BCUT2D eigenvalue weighted by Crippen LogP contribution is 2.66. The van der Waals surface area contributed by atoms with Crippen molar-refractivity contribution in [2.45, 2.75) is 110 Å². The number of nitrogens with zero attached hydrogens (tertiary/aromatic N) is 2. The van der Waals surface area contributed by atoms with Crippen molar-refractivity contribution < 1.29 is 9.53 Å². The van der Waals surface area contributed by atoms with Crippen LogP contribution < -0.4 is 5.43 Å².